The highest BCUT2D eigenvalue weighted by Crippen LogP contribution is 2.28. The van der Waals surface area contributed by atoms with Crippen LogP contribution in [0.15, 0.2) is 24.3 Å². The predicted molar refractivity (Wildman–Crippen MR) is 101 cm³/mol. The first-order chi connectivity index (χ1) is 12.0. The van der Waals surface area contributed by atoms with Gasteiger partial charge in [-0.1, -0.05) is 26.0 Å². The zero-order valence-electron chi connectivity index (χ0n) is 15.8. The normalized spacial score (nSPS) is 19.9. The Hall–Kier alpha value is -1.55. The van der Waals surface area contributed by atoms with E-state index in [1.807, 2.05) is 30.0 Å². The van der Waals surface area contributed by atoms with Crippen LogP contribution in [0.3, 0.4) is 0 Å². The highest BCUT2D eigenvalue weighted by Gasteiger charge is 2.28. The van der Waals surface area contributed by atoms with Crippen LogP contribution in [0.2, 0.25) is 0 Å². The molecule has 25 heavy (non-hydrogen) atoms. The van der Waals surface area contributed by atoms with Crippen LogP contribution in [-0.4, -0.2) is 42.6 Å². The Balaban J connectivity index is 1.46. The van der Waals surface area contributed by atoms with Crippen molar-refractivity contribution in [1.82, 2.24) is 10.2 Å². The lowest BCUT2D eigenvalue weighted by atomic mass is 10.0. The van der Waals surface area contributed by atoms with Crippen molar-refractivity contribution in [2.75, 3.05) is 19.6 Å². The van der Waals surface area contributed by atoms with Crippen LogP contribution in [0.4, 0.5) is 0 Å². The molecule has 3 rings (SSSR count). The molecule has 1 aromatic rings. The van der Waals surface area contributed by atoms with Gasteiger partial charge >= 0.3 is 0 Å². The highest BCUT2D eigenvalue weighted by atomic mass is 16.5. The topological polar surface area (TPSA) is 41.6 Å². The quantitative estimate of drug-likeness (QED) is 0.822. The minimum absolute atomic E-state index is 0.107. The molecule has 0 radical (unpaired) electrons. The number of hydrogen-bond donors (Lipinski definition) is 1. The molecular formula is C21H32N2O2. The van der Waals surface area contributed by atoms with E-state index in [0.717, 1.165) is 44.1 Å². The van der Waals surface area contributed by atoms with Gasteiger partial charge in [0, 0.05) is 19.1 Å². The first-order valence-corrected chi connectivity index (χ1v) is 9.81. The summed E-state index contributed by atoms with van der Waals surface area (Å²) < 4.78 is 5.93. The molecule has 138 valence electrons. The second-order valence-electron chi connectivity index (χ2n) is 7.94. The number of carbonyl (C=O) groups is 1. The van der Waals surface area contributed by atoms with Crippen LogP contribution < -0.4 is 10.1 Å². The van der Waals surface area contributed by atoms with E-state index in [1.54, 1.807) is 0 Å². The first-order valence-electron chi connectivity index (χ1n) is 9.81. The molecule has 1 saturated carbocycles. The number of rotatable bonds is 7. The summed E-state index contributed by atoms with van der Waals surface area (Å²) in [7, 11) is 0. The maximum atomic E-state index is 12.7. The number of ether oxygens (including phenoxy) is 1. The molecule has 4 heteroatoms. The molecule has 1 saturated heterocycles. The van der Waals surface area contributed by atoms with E-state index in [2.05, 4.69) is 25.2 Å². The lowest BCUT2D eigenvalue weighted by Gasteiger charge is -2.34. The zero-order chi connectivity index (χ0) is 17.8. The lowest BCUT2D eigenvalue weighted by Crippen LogP contribution is -2.48. The fourth-order valence-electron chi connectivity index (χ4n) is 3.42. The number of likely N-dealkylation sites (tertiary alicyclic amines) is 1. The van der Waals surface area contributed by atoms with Crippen molar-refractivity contribution in [3.63, 3.8) is 0 Å². The molecule has 1 atom stereocenters. The molecule has 1 unspecified atom stereocenters. The van der Waals surface area contributed by atoms with Crippen molar-refractivity contribution in [3.05, 3.63) is 29.8 Å². The molecule has 1 aromatic carbocycles. The van der Waals surface area contributed by atoms with Crippen LogP contribution >= 0.6 is 0 Å². The van der Waals surface area contributed by atoms with Gasteiger partial charge in [-0.2, -0.15) is 0 Å². The summed E-state index contributed by atoms with van der Waals surface area (Å²) in [6, 6.07) is 8.65. The van der Waals surface area contributed by atoms with Crippen molar-refractivity contribution in [3.8, 4) is 5.75 Å². The molecule has 1 aliphatic heterocycles. The Morgan fingerprint density at radius 2 is 1.92 bits per heavy atom. The average molecular weight is 344 g/mol. The van der Waals surface area contributed by atoms with Crippen LogP contribution in [0.25, 0.3) is 0 Å². The SMILES string of the molecule is CC(Oc1cccc(C(C)C)c1)C(=O)N1CCC(NCC2CC2)CC1. The summed E-state index contributed by atoms with van der Waals surface area (Å²) in [5.41, 5.74) is 1.24. The molecule has 0 aromatic heterocycles. The smallest absolute Gasteiger partial charge is 0.263 e. The van der Waals surface area contributed by atoms with Gasteiger partial charge in [0.05, 0.1) is 0 Å². The van der Waals surface area contributed by atoms with E-state index in [1.165, 1.54) is 18.4 Å². The predicted octanol–water partition coefficient (Wildman–Crippen LogP) is 3.57. The maximum absolute atomic E-state index is 12.7. The summed E-state index contributed by atoms with van der Waals surface area (Å²) in [6.45, 7) is 9.01. The second-order valence-corrected chi connectivity index (χ2v) is 7.94. The van der Waals surface area contributed by atoms with Crippen molar-refractivity contribution < 1.29 is 9.53 Å². The number of hydrogen-bond acceptors (Lipinski definition) is 3. The van der Waals surface area contributed by atoms with Gasteiger partial charge in [0.2, 0.25) is 0 Å². The van der Waals surface area contributed by atoms with Crippen LogP contribution in [0, 0.1) is 5.92 Å². The van der Waals surface area contributed by atoms with Gasteiger partial charge in [0.1, 0.15) is 5.75 Å². The van der Waals surface area contributed by atoms with E-state index < -0.39 is 6.10 Å². The van der Waals surface area contributed by atoms with E-state index in [9.17, 15) is 4.79 Å². The van der Waals surface area contributed by atoms with Gasteiger partial charge in [-0.15, -0.1) is 0 Å². The molecule has 0 spiro atoms. The van der Waals surface area contributed by atoms with Gasteiger partial charge in [-0.3, -0.25) is 4.79 Å². The average Bonchev–Trinajstić information content (AvgIpc) is 3.44. The molecule has 1 N–H and O–H groups in total. The first kappa shape index (κ1) is 18.2. The maximum Gasteiger partial charge on any atom is 0.263 e. The van der Waals surface area contributed by atoms with Crippen LogP contribution in [0.5, 0.6) is 5.75 Å². The number of nitrogens with zero attached hydrogens (tertiary/aromatic N) is 1. The Kier molecular flexibility index (Phi) is 6.00. The van der Waals surface area contributed by atoms with E-state index in [0.29, 0.717) is 12.0 Å². The van der Waals surface area contributed by atoms with Gasteiger partial charge in [0.15, 0.2) is 6.10 Å². The largest absolute Gasteiger partial charge is 0.481 e. The third kappa shape index (κ3) is 5.21. The van der Waals surface area contributed by atoms with Crippen molar-refractivity contribution >= 4 is 5.91 Å². The summed E-state index contributed by atoms with van der Waals surface area (Å²) in [5, 5.41) is 3.66. The molecule has 2 fully saturated rings. The molecule has 0 bridgehead atoms. The lowest BCUT2D eigenvalue weighted by molar-refractivity contribution is -0.139. The minimum atomic E-state index is -0.432. The number of carbonyl (C=O) groups excluding carboxylic acids is 1. The summed E-state index contributed by atoms with van der Waals surface area (Å²) in [5.74, 6) is 2.26. The van der Waals surface area contributed by atoms with Gasteiger partial charge < -0.3 is 15.0 Å². The molecule has 2 aliphatic rings. The Morgan fingerprint density at radius 1 is 1.20 bits per heavy atom. The van der Waals surface area contributed by atoms with Crippen LogP contribution in [-0.2, 0) is 4.79 Å². The monoisotopic (exact) mass is 344 g/mol. The fourth-order valence-corrected chi connectivity index (χ4v) is 3.42. The third-order valence-corrected chi connectivity index (χ3v) is 5.38. The summed E-state index contributed by atoms with van der Waals surface area (Å²) in [4.78, 5) is 14.6. The third-order valence-electron chi connectivity index (χ3n) is 5.38. The summed E-state index contributed by atoms with van der Waals surface area (Å²) in [6.07, 6.45) is 4.44. The van der Waals surface area contributed by atoms with Crippen molar-refractivity contribution in [1.29, 1.82) is 0 Å². The van der Waals surface area contributed by atoms with E-state index >= 15 is 0 Å². The number of nitrogens with one attached hydrogen (secondary N) is 1. The second kappa shape index (κ2) is 8.22. The van der Waals surface area contributed by atoms with Gasteiger partial charge in [-0.05, 0) is 68.7 Å². The van der Waals surface area contributed by atoms with Crippen LogP contribution in [0.1, 0.15) is 57.9 Å². The molecule has 1 aliphatic carbocycles. The Labute approximate surface area is 151 Å². The van der Waals surface area contributed by atoms with Gasteiger partial charge in [0.25, 0.3) is 5.91 Å². The molecule has 4 nitrogen and oxygen atoms in total. The van der Waals surface area contributed by atoms with E-state index in [4.69, 9.17) is 4.74 Å². The molecule has 1 amide bonds. The molecule has 1 heterocycles. The van der Waals surface area contributed by atoms with E-state index in [-0.39, 0.29) is 5.91 Å². The van der Waals surface area contributed by atoms with Gasteiger partial charge in [-0.25, -0.2) is 0 Å². The van der Waals surface area contributed by atoms with Crippen molar-refractivity contribution in [2.24, 2.45) is 5.92 Å². The molecular weight excluding hydrogens is 312 g/mol. The number of amides is 1. The zero-order valence-corrected chi connectivity index (χ0v) is 15.8. The highest BCUT2D eigenvalue weighted by molar-refractivity contribution is 5.81. The fraction of sp³-hybridized carbons (Fsp3) is 0.667. The summed E-state index contributed by atoms with van der Waals surface area (Å²) >= 11 is 0. The minimum Gasteiger partial charge on any atom is -0.481 e. The Bertz CT molecular complexity index is 575. The number of piperidine rings is 1. The van der Waals surface area contributed by atoms with Crippen molar-refractivity contribution in [2.45, 2.75) is 64.5 Å². The standard InChI is InChI=1S/C21H32N2O2/c1-15(2)18-5-4-6-20(13-18)25-16(3)21(24)23-11-9-19(10-12-23)22-14-17-7-8-17/h4-6,13,15-17,19,22H,7-12,14H2,1-3H3. The Morgan fingerprint density at radius 3 is 2.56 bits per heavy atom. The number of benzene rings is 1.